The van der Waals surface area contributed by atoms with Gasteiger partial charge in [-0.05, 0) is 38.6 Å². The zero-order valence-electron chi connectivity index (χ0n) is 16.6. The van der Waals surface area contributed by atoms with Gasteiger partial charge in [0.05, 0.1) is 11.6 Å². The Morgan fingerprint density at radius 2 is 1.97 bits per heavy atom. The summed E-state index contributed by atoms with van der Waals surface area (Å²) in [6, 6.07) is 7.66. The number of hydrogen-bond donors (Lipinski definition) is 3. The van der Waals surface area contributed by atoms with E-state index in [1.165, 1.54) is 12.1 Å². The van der Waals surface area contributed by atoms with Crippen LogP contribution >= 0.6 is 24.0 Å². The van der Waals surface area contributed by atoms with Crippen LogP contribution in [0.25, 0.3) is 22.3 Å². The smallest absolute Gasteiger partial charge is 0.197 e. The number of aromatic hydroxyl groups is 2. The highest BCUT2D eigenvalue weighted by atomic mass is 35.5. The molecule has 6 nitrogen and oxygen atoms in total. The van der Waals surface area contributed by atoms with Crippen molar-refractivity contribution >= 4 is 35.0 Å². The van der Waals surface area contributed by atoms with Gasteiger partial charge in [0.2, 0.25) is 0 Å². The van der Waals surface area contributed by atoms with Crippen LogP contribution in [0.2, 0.25) is 5.02 Å². The lowest BCUT2D eigenvalue weighted by atomic mass is 9.89. The summed E-state index contributed by atoms with van der Waals surface area (Å²) in [7, 11) is 1.90. The molecule has 1 fully saturated rings. The van der Waals surface area contributed by atoms with Crippen molar-refractivity contribution < 1.29 is 19.7 Å². The van der Waals surface area contributed by atoms with Crippen molar-refractivity contribution in [3.05, 3.63) is 56.7 Å². The van der Waals surface area contributed by atoms with Gasteiger partial charge < -0.3 is 24.6 Å². The van der Waals surface area contributed by atoms with Gasteiger partial charge in [0.25, 0.3) is 0 Å². The lowest BCUT2D eigenvalue weighted by Crippen LogP contribution is -2.32. The normalized spacial score (nSPS) is 19.2. The zero-order chi connectivity index (χ0) is 20.9. The van der Waals surface area contributed by atoms with Crippen molar-refractivity contribution in [3.63, 3.8) is 0 Å². The summed E-state index contributed by atoms with van der Waals surface area (Å²) in [4.78, 5) is 14.9. The minimum atomic E-state index is -0.426. The number of aryl methyl sites for hydroxylation is 1. The average Bonchev–Trinajstić information content (AvgIpc) is 3.03. The van der Waals surface area contributed by atoms with Crippen LogP contribution in [0.3, 0.4) is 0 Å². The molecule has 0 aliphatic carbocycles. The minimum absolute atomic E-state index is 0. The van der Waals surface area contributed by atoms with Crippen molar-refractivity contribution in [1.82, 2.24) is 4.90 Å². The molecule has 0 spiro atoms. The summed E-state index contributed by atoms with van der Waals surface area (Å²) in [6.07, 6.45) is 0.675. The molecular weight excluding hydrogens is 429 g/mol. The summed E-state index contributed by atoms with van der Waals surface area (Å²) < 4.78 is 6.09. The molecule has 160 valence electrons. The molecule has 0 unspecified atom stereocenters. The van der Waals surface area contributed by atoms with E-state index < -0.39 is 5.43 Å². The van der Waals surface area contributed by atoms with Gasteiger partial charge in [-0.2, -0.15) is 0 Å². The van der Waals surface area contributed by atoms with E-state index in [0.717, 1.165) is 12.1 Å². The van der Waals surface area contributed by atoms with Gasteiger partial charge >= 0.3 is 0 Å². The molecule has 3 N–H and O–H groups in total. The lowest BCUT2D eigenvalue weighted by Gasteiger charge is -2.24. The van der Waals surface area contributed by atoms with Crippen LogP contribution < -0.4 is 5.43 Å². The number of rotatable bonds is 3. The number of nitrogens with zero attached hydrogens (tertiary/aromatic N) is 1. The Hall–Kier alpha value is -2.25. The number of phenolic OH excluding ortho intramolecular Hbond substituents is 2. The van der Waals surface area contributed by atoms with Gasteiger partial charge in [-0.25, -0.2) is 0 Å². The Balaban J connectivity index is 0.00000256. The third-order valence-electron chi connectivity index (χ3n) is 5.84. The van der Waals surface area contributed by atoms with Crippen molar-refractivity contribution in [1.29, 1.82) is 0 Å². The van der Waals surface area contributed by atoms with Crippen LogP contribution in [0.4, 0.5) is 0 Å². The maximum atomic E-state index is 12.9. The first-order valence-electron chi connectivity index (χ1n) is 9.42. The Kier molecular flexibility index (Phi) is 6.34. The molecule has 30 heavy (non-hydrogen) atoms. The highest BCUT2D eigenvalue weighted by Gasteiger charge is 2.36. The van der Waals surface area contributed by atoms with Crippen molar-refractivity contribution in [2.45, 2.75) is 25.3 Å². The van der Waals surface area contributed by atoms with E-state index in [-0.39, 0.29) is 59.2 Å². The first kappa shape index (κ1) is 22.4. The van der Waals surface area contributed by atoms with Crippen molar-refractivity contribution in [3.8, 4) is 22.8 Å². The van der Waals surface area contributed by atoms with E-state index in [1.54, 1.807) is 6.07 Å². The molecule has 2 heterocycles. The van der Waals surface area contributed by atoms with Crippen LogP contribution in [0.5, 0.6) is 11.5 Å². The van der Waals surface area contributed by atoms with Gasteiger partial charge in [-0.15, -0.1) is 12.4 Å². The number of hydrogen-bond acceptors (Lipinski definition) is 6. The molecule has 1 saturated heterocycles. The Labute approximate surface area is 184 Å². The number of phenols is 2. The molecule has 4 rings (SSSR count). The van der Waals surface area contributed by atoms with Gasteiger partial charge in [0.15, 0.2) is 5.43 Å². The standard InChI is InChI=1S/C22H22ClNO5.ClH/c1-11-4-3-5-13(21(11)23)18-9-17(28)20-16(27)8-15(26)19(22(20)29-18)12-6-7-24(2)14(12)10-25;/h3-5,8-9,12,14,25-27H,6-7,10H2,1-2H3;1H/t12-,14+;/m0./s1. The predicted octanol–water partition coefficient (Wildman–Crippen LogP) is 4.03. The molecule has 8 heteroatoms. The molecule has 0 radical (unpaired) electrons. The van der Waals surface area contributed by atoms with Crippen LogP contribution in [-0.2, 0) is 0 Å². The molecule has 1 aliphatic heterocycles. The largest absolute Gasteiger partial charge is 0.507 e. The summed E-state index contributed by atoms with van der Waals surface area (Å²) in [5.74, 6) is -0.498. The summed E-state index contributed by atoms with van der Waals surface area (Å²) in [6.45, 7) is 2.48. The number of aliphatic hydroxyl groups excluding tert-OH is 1. The van der Waals surface area contributed by atoms with Gasteiger partial charge in [-0.3, -0.25) is 4.79 Å². The Morgan fingerprint density at radius 1 is 1.23 bits per heavy atom. The molecule has 0 amide bonds. The number of halogens is 2. The Bertz CT molecular complexity index is 1160. The summed E-state index contributed by atoms with van der Waals surface area (Å²) in [5, 5.41) is 31.3. The topological polar surface area (TPSA) is 94.1 Å². The third-order valence-corrected chi connectivity index (χ3v) is 6.34. The highest BCUT2D eigenvalue weighted by Crippen LogP contribution is 2.44. The minimum Gasteiger partial charge on any atom is -0.507 e. The van der Waals surface area contributed by atoms with Crippen molar-refractivity contribution in [2.24, 2.45) is 0 Å². The molecule has 2 atom stereocenters. The first-order valence-corrected chi connectivity index (χ1v) is 9.80. The summed E-state index contributed by atoms with van der Waals surface area (Å²) in [5.41, 5.74) is 1.51. The average molecular weight is 452 g/mol. The number of benzene rings is 2. The molecule has 3 aromatic rings. The fraction of sp³-hybridized carbons (Fsp3) is 0.318. The van der Waals surface area contributed by atoms with E-state index in [4.69, 9.17) is 16.0 Å². The third kappa shape index (κ3) is 3.54. The van der Waals surface area contributed by atoms with Crippen molar-refractivity contribution in [2.75, 3.05) is 20.2 Å². The summed E-state index contributed by atoms with van der Waals surface area (Å²) >= 11 is 6.42. The van der Waals surface area contributed by atoms with E-state index in [9.17, 15) is 20.1 Å². The van der Waals surface area contributed by atoms with Gasteiger partial charge in [0.1, 0.15) is 28.2 Å². The second kappa shape index (κ2) is 8.47. The SMILES string of the molecule is Cc1cccc(-c2cc(=O)c3c(O)cc(O)c([C@H]4CCN(C)[C@@H]4CO)c3o2)c1Cl.Cl. The van der Waals surface area contributed by atoms with E-state index >= 15 is 0 Å². The second-order valence-electron chi connectivity index (χ2n) is 7.57. The molecular formula is C22H23Cl2NO5. The molecule has 0 bridgehead atoms. The number of likely N-dealkylation sites (N-methyl/N-ethyl adjacent to an activating group) is 1. The second-order valence-corrected chi connectivity index (χ2v) is 7.95. The lowest BCUT2D eigenvalue weighted by molar-refractivity contribution is 0.172. The maximum Gasteiger partial charge on any atom is 0.197 e. The molecule has 1 aromatic heterocycles. The fourth-order valence-electron chi connectivity index (χ4n) is 4.26. The van der Waals surface area contributed by atoms with Gasteiger partial charge in [-0.1, -0.05) is 23.7 Å². The van der Waals surface area contributed by atoms with Crippen LogP contribution in [0, 0.1) is 6.92 Å². The molecule has 0 saturated carbocycles. The van der Waals surface area contributed by atoms with E-state index in [0.29, 0.717) is 22.6 Å². The fourth-order valence-corrected chi connectivity index (χ4v) is 4.48. The molecule has 1 aliphatic rings. The van der Waals surface area contributed by atoms with Crippen LogP contribution in [0.15, 0.2) is 39.5 Å². The van der Waals surface area contributed by atoms with Crippen LogP contribution in [-0.4, -0.2) is 46.5 Å². The maximum absolute atomic E-state index is 12.9. The Morgan fingerprint density at radius 3 is 2.67 bits per heavy atom. The van der Waals surface area contributed by atoms with E-state index in [1.807, 2.05) is 31.0 Å². The quantitative estimate of drug-likeness (QED) is 0.556. The molecule has 2 aromatic carbocycles. The van der Waals surface area contributed by atoms with E-state index in [2.05, 4.69) is 0 Å². The zero-order valence-corrected chi connectivity index (χ0v) is 18.1. The van der Waals surface area contributed by atoms with Gasteiger partial charge in [0, 0.05) is 35.2 Å². The number of likely N-dealkylation sites (tertiary alicyclic amines) is 1. The van der Waals surface area contributed by atoms with Crippen LogP contribution in [0.1, 0.15) is 23.5 Å². The highest BCUT2D eigenvalue weighted by molar-refractivity contribution is 6.34. The number of aliphatic hydroxyl groups is 1. The first-order chi connectivity index (χ1) is 13.8. The predicted molar refractivity (Wildman–Crippen MR) is 119 cm³/mol. The monoisotopic (exact) mass is 451 g/mol. The number of fused-ring (bicyclic) bond motifs is 1.